The predicted octanol–water partition coefficient (Wildman–Crippen LogP) is 3.63. The molecular weight excluding hydrogens is 548 g/mol. The number of anilines is 5. The average Bonchev–Trinajstić information content (AvgIpc) is 3.51. The van der Waals surface area contributed by atoms with Crippen molar-refractivity contribution in [1.82, 2.24) is 14.9 Å². The number of rotatable bonds is 9. The molecular formula is C31H34N8O4. The monoisotopic (exact) mass is 582 g/mol. The number of methoxy groups -OCH3 is 1. The maximum absolute atomic E-state index is 12.4. The highest BCUT2D eigenvalue weighted by atomic mass is 16.7. The molecule has 1 unspecified atom stereocenters. The lowest BCUT2D eigenvalue weighted by Crippen LogP contribution is -2.56. The van der Waals surface area contributed by atoms with Crippen molar-refractivity contribution in [1.29, 1.82) is 5.26 Å². The Bertz CT molecular complexity index is 1530. The smallest absolute Gasteiger partial charge is 0.247 e. The summed E-state index contributed by atoms with van der Waals surface area (Å²) in [7, 11) is 1.62. The molecule has 3 aliphatic heterocycles. The van der Waals surface area contributed by atoms with Crippen LogP contribution in [0.2, 0.25) is 0 Å². The molecule has 12 nitrogen and oxygen atoms in total. The van der Waals surface area contributed by atoms with E-state index in [2.05, 4.69) is 43.0 Å². The maximum atomic E-state index is 12.4. The largest absolute Gasteiger partial charge is 0.494 e. The first kappa shape index (κ1) is 28.4. The lowest BCUT2D eigenvalue weighted by molar-refractivity contribution is -0.111. The summed E-state index contributed by atoms with van der Waals surface area (Å²) in [5.74, 6) is 1.40. The number of hydroxylamine groups is 1. The van der Waals surface area contributed by atoms with Crippen LogP contribution in [-0.2, 0) is 14.4 Å². The van der Waals surface area contributed by atoms with Crippen LogP contribution in [0.1, 0.15) is 23.6 Å². The molecule has 6 rings (SSSR count). The van der Waals surface area contributed by atoms with Gasteiger partial charge in [-0.05, 0) is 29.8 Å². The molecule has 2 N–H and O–H groups in total. The van der Waals surface area contributed by atoms with E-state index in [0.29, 0.717) is 47.0 Å². The summed E-state index contributed by atoms with van der Waals surface area (Å²) in [5, 5.41) is 17.4. The van der Waals surface area contributed by atoms with Crippen LogP contribution in [0.4, 0.5) is 28.7 Å². The van der Waals surface area contributed by atoms with Crippen LogP contribution in [0, 0.1) is 11.3 Å². The predicted molar refractivity (Wildman–Crippen MR) is 162 cm³/mol. The first-order valence-electron chi connectivity index (χ1n) is 14.3. The number of nitriles is 1. The molecule has 0 saturated carbocycles. The molecule has 222 valence electrons. The third kappa shape index (κ3) is 6.10. The van der Waals surface area contributed by atoms with Crippen LogP contribution in [-0.4, -0.2) is 79.9 Å². The van der Waals surface area contributed by atoms with E-state index in [-0.39, 0.29) is 11.9 Å². The minimum Gasteiger partial charge on any atom is -0.494 e. The highest BCUT2D eigenvalue weighted by molar-refractivity contribution is 6.02. The summed E-state index contributed by atoms with van der Waals surface area (Å²) in [6.07, 6.45) is 3.48. The third-order valence-electron chi connectivity index (χ3n) is 8.00. The van der Waals surface area contributed by atoms with Crippen LogP contribution in [0.25, 0.3) is 0 Å². The van der Waals surface area contributed by atoms with Crippen LogP contribution in [0.15, 0.2) is 61.4 Å². The average molecular weight is 583 g/mol. The summed E-state index contributed by atoms with van der Waals surface area (Å²) in [4.78, 5) is 32.0. The fourth-order valence-corrected chi connectivity index (χ4v) is 5.63. The quantitative estimate of drug-likeness (QED) is 0.359. The Balaban J connectivity index is 1.25. The van der Waals surface area contributed by atoms with Crippen LogP contribution < -0.4 is 25.3 Å². The highest BCUT2D eigenvalue weighted by Crippen LogP contribution is 2.40. The number of ether oxygens (including phenoxy) is 2. The SMILES string of the molecule is C=CC(=O)Nc1cc(Nc2cc(N3OCCC3c3cccc(C#N)c3)ncn2)c(OC)cc1N1CCN(C2COC2)CC1. The number of benzene rings is 2. The lowest BCUT2D eigenvalue weighted by Gasteiger charge is -2.43. The van der Waals surface area contributed by atoms with Gasteiger partial charge >= 0.3 is 0 Å². The fraction of sp³-hybridized carbons (Fsp3) is 0.355. The molecule has 0 bridgehead atoms. The Labute approximate surface area is 250 Å². The number of hydrogen-bond donors (Lipinski definition) is 2. The first-order chi connectivity index (χ1) is 21.1. The Morgan fingerprint density at radius 1 is 1.14 bits per heavy atom. The Kier molecular flexibility index (Phi) is 8.37. The highest BCUT2D eigenvalue weighted by Gasteiger charge is 2.31. The normalized spacial score (nSPS) is 18.9. The number of piperazine rings is 1. The molecule has 12 heteroatoms. The number of carbonyl (C=O) groups is 1. The minimum atomic E-state index is -0.301. The van der Waals surface area contributed by atoms with Gasteiger partial charge in [-0.3, -0.25) is 14.5 Å². The Morgan fingerprint density at radius 2 is 1.98 bits per heavy atom. The van der Waals surface area contributed by atoms with Gasteiger partial charge in [0.05, 0.1) is 67.7 Å². The van der Waals surface area contributed by atoms with E-state index in [1.165, 1.54) is 12.4 Å². The first-order valence-corrected chi connectivity index (χ1v) is 14.3. The van der Waals surface area contributed by atoms with Crippen molar-refractivity contribution in [3.05, 3.63) is 72.6 Å². The van der Waals surface area contributed by atoms with Gasteiger partial charge in [-0.15, -0.1) is 0 Å². The second kappa shape index (κ2) is 12.7. The van der Waals surface area contributed by atoms with E-state index in [0.717, 1.165) is 57.1 Å². The van der Waals surface area contributed by atoms with Gasteiger partial charge in [0.2, 0.25) is 5.91 Å². The summed E-state index contributed by atoms with van der Waals surface area (Å²) in [6.45, 7) is 9.17. The van der Waals surface area contributed by atoms with Crippen LogP contribution >= 0.6 is 0 Å². The van der Waals surface area contributed by atoms with Crippen molar-refractivity contribution < 1.29 is 19.1 Å². The standard InChI is InChI=1S/C31H34N8O4/c1-3-31(40)36-24-14-25(28(41-2)15-27(24)38-10-8-37(9-11-38)23-18-42-19-23)35-29-16-30(34-20-33-29)39-26(7-12-43-39)22-6-4-5-21(13-22)17-32/h3-6,13-16,20,23,26H,1,7-12,18-19H2,2H3,(H,36,40)(H,33,34,35). The second-order valence-electron chi connectivity index (χ2n) is 10.6. The van der Waals surface area contributed by atoms with Crippen molar-refractivity contribution >= 4 is 34.6 Å². The zero-order chi connectivity index (χ0) is 29.8. The van der Waals surface area contributed by atoms with Crippen molar-refractivity contribution in [3.8, 4) is 11.8 Å². The molecule has 3 aromatic rings. The number of hydrogen-bond acceptors (Lipinski definition) is 11. The summed E-state index contributed by atoms with van der Waals surface area (Å²) >= 11 is 0. The van der Waals surface area contributed by atoms with E-state index < -0.39 is 0 Å². The maximum Gasteiger partial charge on any atom is 0.247 e. The molecule has 3 aliphatic rings. The van der Waals surface area contributed by atoms with Gasteiger partial charge in [-0.2, -0.15) is 5.26 Å². The van der Waals surface area contributed by atoms with E-state index >= 15 is 0 Å². The van der Waals surface area contributed by atoms with E-state index in [1.807, 2.05) is 30.3 Å². The zero-order valence-corrected chi connectivity index (χ0v) is 24.0. The van der Waals surface area contributed by atoms with Crippen molar-refractivity contribution in [3.63, 3.8) is 0 Å². The van der Waals surface area contributed by atoms with Gasteiger partial charge in [-0.1, -0.05) is 18.7 Å². The number of carbonyl (C=O) groups excluding carboxylic acids is 1. The van der Waals surface area contributed by atoms with Gasteiger partial charge in [0.1, 0.15) is 17.9 Å². The van der Waals surface area contributed by atoms with Crippen LogP contribution in [0.3, 0.4) is 0 Å². The molecule has 3 fully saturated rings. The Morgan fingerprint density at radius 3 is 2.70 bits per heavy atom. The van der Waals surface area contributed by atoms with Crippen LogP contribution in [0.5, 0.6) is 5.75 Å². The van der Waals surface area contributed by atoms with E-state index in [1.54, 1.807) is 24.3 Å². The van der Waals surface area contributed by atoms with Crippen molar-refractivity contribution in [2.24, 2.45) is 0 Å². The topological polar surface area (TPSA) is 128 Å². The number of aromatic nitrogens is 2. The third-order valence-corrected chi connectivity index (χ3v) is 8.00. The molecule has 43 heavy (non-hydrogen) atoms. The molecule has 1 atom stereocenters. The number of amides is 1. The molecule has 2 aromatic carbocycles. The lowest BCUT2D eigenvalue weighted by atomic mass is 10.0. The molecule has 1 aromatic heterocycles. The van der Waals surface area contributed by atoms with Gasteiger partial charge in [0, 0.05) is 44.7 Å². The summed E-state index contributed by atoms with van der Waals surface area (Å²) in [6, 6.07) is 15.7. The minimum absolute atomic E-state index is 0.0946. The van der Waals surface area contributed by atoms with E-state index in [9.17, 15) is 10.1 Å². The summed E-state index contributed by atoms with van der Waals surface area (Å²) < 4.78 is 11.2. The fourth-order valence-electron chi connectivity index (χ4n) is 5.63. The molecule has 0 radical (unpaired) electrons. The van der Waals surface area contributed by atoms with E-state index in [4.69, 9.17) is 14.3 Å². The molecule has 1 amide bonds. The van der Waals surface area contributed by atoms with Crippen molar-refractivity contribution in [2.75, 3.05) is 73.7 Å². The van der Waals surface area contributed by atoms with Gasteiger partial charge in [-0.25, -0.2) is 15.0 Å². The molecule has 3 saturated heterocycles. The van der Waals surface area contributed by atoms with Gasteiger partial charge in [0.25, 0.3) is 0 Å². The molecule has 0 aliphatic carbocycles. The second-order valence-corrected chi connectivity index (χ2v) is 10.6. The number of nitrogens with one attached hydrogen (secondary N) is 2. The Hall–Kier alpha value is -4.70. The molecule has 0 spiro atoms. The van der Waals surface area contributed by atoms with Crippen molar-refractivity contribution in [2.45, 2.75) is 18.5 Å². The zero-order valence-electron chi connectivity index (χ0n) is 24.0. The van der Waals surface area contributed by atoms with Gasteiger partial charge < -0.3 is 25.0 Å². The van der Waals surface area contributed by atoms with Gasteiger partial charge in [0.15, 0.2) is 5.82 Å². The molecule has 4 heterocycles. The number of nitrogens with zero attached hydrogens (tertiary/aromatic N) is 6. The summed E-state index contributed by atoms with van der Waals surface area (Å²) in [5.41, 5.74) is 3.72.